The van der Waals surface area contributed by atoms with Gasteiger partial charge in [-0.2, -0.15) is 33.6 Å². The Bertz CT molecular complexity index is 1730. The molecule has 0 bridgehead atoms. The van der Waals surface area contributed by atoms with E-state index in [1.165, 1.54) is 52.3 Å². The maximum atomic E-state index is 14.3. The maximum Gasteiger partial charge on any atom is 0.434 e. The minimum Gasteiger partial charge on any atom is -0.345 e. The Morgan fingerprint density at radius 2 is 1.83 bits per heavy atom. The molecule has 6 heterocycles. The minimum atomic E-state index is -4.88. The summed E-state index contributed by atoms with van der Waals surface area (Å²) in [5, 5.41) is 16.3. The number of pyridine rings is 2. The number of halogens is 4. The summed E-state index contributed by atoms with van der Waals surface area (Å²) in [4.78, 5) is 21.7. The van der Waals surface area contributed by atoms with Crippen molar-refractivity contribution in [2.24, 2.45) is 0 Å². The highest BCUT2D eigenvalue weighted by Crippen LogP contribution is 2.36. The van der Waals surface area contributed by atoms with Gasteiger partial charge in [0.15, 0.2) is 17.3 Å². The number of aromatic amines is 1. The van der Waals surface area contributed by atoms with E-state index in [4.69, 9.17) is 11.6 Å². The molecule has 0 atom stereocenters. The number of nitrogens with one attached hydrogen (secondary N) is 1. The predicted molar refractivity (Wildman–Crippen MR) is 117 cm³/mol. The summed E-state index contributed by atoms with van der Waals surface area (Å²) in [7, 11) is 0. The van der Waals surface area contributed by atoms with Gasteiger partial charge in [0, 0.05) is 23.3 Å². The third-order valence-corrected chi connectivity index (χ3v) is 5.66. The molecule has 0 saturated carbocycles. The molecule has 0 aliphatic heterocycles. The second-order valence-corrected chi connectivity index (χ2v) is 7.82. The Labute approximate surface area is 197 Å². The topological polar surface area (TPSA) is 112 Å². The van der Waals surface area contributed by atoms with Crippen LogP contribution in [0.15, 0.2) is 61.4 Å². The van der Waals surface area contributed by atoms with Crippen LogP contribution >= 0.6 is 11.6 Å². The highest BCUT2D eigenvalue weighted by Gasteiger charge is 2.41. The first-order valence-electron chi connectivity index (χ1n) is 10.00. The van der Waals surface area contributed by atoms with E-state index in [1.54, 1.807) is 12.3 Å². The van der Waals surface area contributed by atoms with Crippen LogP contribution in [0.25, 0.3) is 28.1 Å². The fraction of sp³-hybridized carbons (Fsp3) is 0.0476. The minimum absolute atomic E-state index is 0.0398. The van der Waals surface area contributed by atoms with Crippen LogP contribution in [0.3, 0.4) is 0 Å². The van der Waals surface area contributed by atoms with Gasteiger partial charge in [0.05, 0.1) is 46.6 Å². The standard InChI is InChI=1S/C21H11ClF3N9O/c22-14-8-11-12(9-26-19(11)31-20(14)34-28-5-6-29-34)17(35)13-10-30-33(18(13)21(23,24)25)16-2-1-7-32-15(16)3-4-27-32/h1-10H,(H,26,31). The van der Waals surface area contributed by atoms with Crippen molar-refractivity contribution in [3.05, 3.63) is 83.3 Å². The molecule has 0 amide bonds. The highest BCUT2D eigenvalue weighted by atomic mass is 35.5. The molecule has 0 saturated heterocycles. The van der Waals surface area contributed by atoms with Gasteiger partial charge in [0.25, 0.3) is 0 Å². The summed E-state index contributed by atoms with van der Waals surface area (Å²) in [5.74, 6) is -0.694. The van der Waals surface area contributed by atoms with Crippen molar-refractivity contribution in [1.29, 1.82) is 0 Å². The number of rotatable bonds is 4. The number of hydrogen-bond acceptors (Lipinski definition) is 6. The number of alkyl halides is 3. The van der Waals surface area contributed by atoms with E-state index in [0.717, 1.165) is 6.20 Å². The molecule has 10 nitrogen and oxygen atoms in total. The van der Waals surface area contributed by atoms with E-state index < -0.39 is 23.2 Å². The van der Waals surface area contributed by atoms with Crippen LogP contribution in [0.2, 0.25) is 5.02 Å². The third kappa shape index (κ3) is 3.27. The van der Waals surface area contributed by atoms with Crippen LogP contribution in [-0.4, -0.2) is 50.1 Å². The average molecular weight is 498 g/mol. The van der Waals surface area contributed by atoms with Gasteiger partial charge in [0.2, 0.25) is 0 Å². The molecule has 6 rings (SSSR count). The first kappa shape index (κ1) is 21.0. The zero-order valence-electron chi connectivity index (χ0n) is 17.3. The highest BCUT2D eigenvalue weighted by molar-refractivity contribution is 6.33. The van der Waals surface area contributed by atoms with Gasteiger partial charge in [-0.05, 0) is 24.3 Å². The van der Waals surface area contributed by atoms with Gasteiger partial charge >= 0.3 is 6.18 Å². The second kappa shape index (κ2) is 7.50. The van der Waals surface area contributed by atoms with Crippen LogP contribution in [-0.2, 0) is 6.18 Å². The number of fused-ring (bicyclic) bond motifs is 2. The molecular formula is C21H11ClF3N9O. The lowest BCUT2D eigenvalue weighted by molar-refractivity contribution is -0.143. The number of aromatic nitrogens is 9. The first-order valence-corrected chi connectivity index (χ1v) is 10.4. The summed E-state index contributed by atoms with van der Waals surface area (Å²) in [5.41, 5.74) is -1.12. The van der Waals surface area contributed by atoms with E-state index in [-0.39, 0.29) is 33.1 Å². The normalized spacial score (nSPS) is 12.1. The summed E-state index contributed by atoms with van der Waals surface area (Å²) in [6.45, 7) is 0. The third-order valence-electron chi connectivity index (χ3n) is 5.38. The van der Waals surface area contributed by atoms with Gasteiger partial charge in [-0.15, -0.1) is 4.80 Å². The smallest absolute Gasteiger partial charge is 0.345 e. The molecule has 174 valence electrons. The molecule has 0 aliphatic carbocycles. The molecule has 6 aromatic rings. The van der Waals surface area contributed by atoms with Crippen molar-refractivity contribution in [1.82, 2.24) is 44.4 Å². The summed E-state index contributed by atoms with van der Waals surface area (Å²) in [6.07, 6.45) is 3.23. The van der Waals surface area contributed by atoms with Gasteiger partial charge in [-0.3, -0.25) is 4.79 Å². The van der Waals surface area contributed by atoms with Crippen molar-refractivity contribution in [3.8, 4) is 11.5 Å². The molecule has 0 unspecified atom stereocenters. The SMILES string of the molecule is O=C(c1cnn(-c2cccn3nccc23)c1C(F)(F)F)c1c[nH]c2nc(-n3nccn3)c(Cl)cc12. The number of carbonyl (C=O) groups excluding carboxylic acids is 1. The first-order chi connectivity index (χ1) is 16.8. The molecule has 0 radical (unpaired) electrons. The fourth-order valence-electron chi connectivity index (χ4n) is 3.90. The van der Waals surface area contributed by atoms with Crippen molar-refractivity contribution in [2.75, 3.05) is 0 Å². The van der Waals surface area contributed by atoms with E-state index >= 15 is 0 Å². The number of nitrogens with zero attached hydrogens (tertiary/aromatic N) is 8. The Morgan fingerprint density at radius 1 is 1.03 bits per heavy atom. The Kier molecular flexibility index (Phi) is 4.51. The molecule has 6 aromatic heterocycles. The maximum absolute atomic E-state index is 14.3. The van der Waals surface area contributed by atoms with Crippen molar-refractivity contribution >= 4 is 33.9 Å². The number of ketones is 1. The van der Waals surface area contributed by atoms with Crippen LogP contribution < -0.4 is 0 Å². The van der Waals surface area contributed by atoms with Crippen molar-refractivity contribution in [2.45, 2.75) is 6.18 Å². The molecule has 0 aliphatic rings. The van der Waals surface area contributed by atoms with Crippen LogP contribution in [0, 0.1) is 0 Å². The van der Waals surface area contributed by atoms with E-state index in [1.807, 2.05) is 0 Å². The van der Waals surface area contributed by atoms with Gasteiger partial charge in [-0.25, -0.2) is 14.2 Å². The van der Waals surface area contributed by atoms with Crippen molar-refractivity contribution < 1.29 is 18.0 Å². The second-order valence-electron chi connectivity index (χ2n) is 7.41. The molecular weight excluding hydrogens is 487 g/mol. The Hall–Kier alpha value is -4.52. The zero-order valence-corrected chi connectivity index (χ0v) is 18.0. The van der Waals surface area contributed by atoms with Gasteiger partial charge < -0.3 is 4.98 Å². The summed E-state index contributed by atoms with van der Waals surface area (Å²) in [6, 6.07) is 5.99. The van der Waals surface area contributed by atoms with Crippen LogP contribution in [0.5, 0.6) is 0 Å². The number of hydrogen-bond donors (Lipinski definition) is 1. The van der Waals surface area contributed by atoms with Crippen LogP contribution in [0.4, 0.5) is 13.2 Å². The monoisotopic (exact) mass is 497 g/mol. The van der Waals surface area contributed by atoms with Gasteiger partial charge in [-0.1, -0.05) is 11.6 Å². The summed E-state index contributed by atoms with van der Waals surface area (Å²) >= 11 is 6.31. The fourth-order valence-corrected chi connectivity index (χ4v) is 4.12. The molecule has 35 heavy (non-hydrogen) atoms. The predicted octanol–water partition coefficient (Wildman–Crippen LogP) is 3.88. The molecule has 0 fully saturated rings. The Morgan fingerprint density at radius 3 is 2.60 bits per heavy atom. The lowest BCUT2D eigenvalue weighted by Crippen LogP contribution is -2.18. The average Bonchev–Trinajstić information content (AvgIpc) is 3.62. The molecule has 0 aromatic carbocycles. The number of carbonyl (C=O) groups is 1. The molecule has 14 heteroatoms. The summed E-state index contributed by atoms with van der Waals surface area (Å²) < 4.78 is 44.9. The molecule has 0 spiro atoms. The number of H-pyrrole nitrogens is 1. The van der Waals surface area contributed by atoms with Crippen LogP contribution in [0.1, 0.15) is 21.6 Å². The quantitative estimate of drug-likeness (QED) is 0.370. The van der Waals surface area contributed by atoms with Gasteiger partial charge in [0.1, 0.15) is 5.65 Å². The van der Waals surface area contributed by atoms with Crippen molar-refractivity contribution in [3.63, 3.8) is 0 Å². The Balaban J connectivity index is 1.50. The van der Waals surface area contributed by atoms with E-state index in [2.05, 4.69) is 30.4 Å². The largest absolute Gasteiger partial charge is 0.434 e. The lowest BCUT2D eigenvalue weighted by Gasteiger charge is -2.13. The lowest BCUT2D eigenvalue weighted by atomic mass is 10.0. The zero-order chi connectivity index (χ0) is 24.3. The van der Waals surface area contributed by atoms with E-state index in [9.17, 15) is 18.0 Å². The van der Waals surface area contributed by atoms with E-state index in [0.29, 0.717) is 10.2 Å². The molecule has 1 N–H and O–H groups in total.